The predicted octanol–water partition coefficient (Wildman–Crippen LogP) is 1.98. The molecule has 4 N–H and O–H groups in total. The van der Waals surface area contributed by atoms with Crippen molar-refractivity contribution >= 4 is 11.7 Å². The van der Waals surface area contributed by atoms with Crippen molar-refractivity contribution in [1.29, 1.82) is 0 Å². The fraction of sp³-hybridized carbons (Fsp3) is 0.385. The van der Waals surface area contributed by atoms with Crippen molar-refractivity contribution in [2.24, 2.45) is 10.9 Å². The third-order valence-corrected chi connectivity index (χ3v) is 2.74. The molecule has 8 heteroatoms. The zero-order chi connectivity index (χ0) is 15.9. The standard InChI is InChI=1S/C13H16F3N3O2/c14-13(15,16)7-4-8-18-12(20)10(11(17)19-21)9-5-2-1-3-6-9/h1-3,5-6,10,21H,4,7-8H2,(H2,17,19)(H,18,20). The summed E-state index contributed by atoms with van der Waals surface area (Å²) in [5.74, 6) is -1.98. The summed E-state index contributed by atoms with van der Waals surface area (Å²) < 4.78 is 36.0. The van der Waals surface area contributed by atoms with E-state index in [9.17, 15) is 18.0 Å². The van der Waals surface area contributed by atoms with Crippen molar-refractivity contribution < 1.29 is 23.2 Å². The minimum Gasteiger partial charge on any atom is -0.409 e. The number of nitrogens with two attached hydrogens (primary N) is 1. The molecule has 0 bridgehead atoms. The van der Waals surface area contributed by atoms with E-state index in [4.69, 9.17) is 10.9 Å². The fourth-order valence-electron chi connectivity index (χ4n) is 1.76. The Balaban J connectivity index is 2.66. The molecule has 0 heterocycles. The van der Waals surface area contributed by atoms with Crippen LogP contribution < -0.4 is 11.1 Å². The number of hydrogen-bond acceptors (Lipinski definition) is 3. The SMILES string of the molecule is N/C(=N/O)C(C(=O)NCCCC(F)(F)F)c1ccccc1. The van der Waals surface area contributed by atoms with Gasteiger partial charge in [0.15, 0.2) is 5.84 Å². The highest BCUT2D eigenvalue weighted by Gasteiger charge is 2.27. The quantitative estimate of drug-likeness (QED) is 0.247. The number of hydrogen-bond donors (Lipinski definition) is 3. The van der Waals surface area contributed by atoms with Gasteiger partial charge in [-0.3, -0.25) is 4.79 Å². The second-order valence-corrected chi connectivity index (χ2v) is 4.38. The molecule has 1 rings (SSSR count). The highest BCUT2D eigenvalue weighted by atomic mass is 19.4. The van der Waals surface area contributed by atoms with Crippen LogP contribution in [-0.2, 0) is 4.79 Å². The van der Waals surface area contributed by atoms with Crippen LogP contribution in [0.3, 0.4) is 0 Å². The van der Waals surface area contributed by atoms with Gasteiger partial charge >= 0.3 is 6.18 Å². The van der Waals surface area contributed by atoms with E-state index < -0.39 is 24.4 Å². The molecular formula is C13H16F3N3O2. The van der Waals surface area contributed by atoms with Gasteiger partial charge in [0.1, 0.15) is 5.92 Å². The minimum absolute atomic E-state index is 0.139. The lowest BCUT2D eigenvalue weighted by molar-refractivity contribution is -0.136. The molecule has 5 nitrogen and oxygen atoms in total. The lowest BCUT2D eigenvalue weighted by Crippen LogP contribution is -2.37. The van der Waals surface area contributed by atoms with Crippen LogP contribution in [0, 0.1) is 0 Å². The third kappa shape index (κ3) is 5.72. The second-order valence-electron chi connectivity index (χ2n) is 4.38. The van der Waals surface area contributed by atoms with Crippen molar-refractivity contribution in [3.63, 3.8) is 0 Å². The van der Waals surface area contributed by atoms with Gasteiger partial charge in [-0.25, -0.2) is 0 Å². The second kappa shape index (κ2) is 7.51. The summed E-state index contributed by atoms with van der Waals surface area (Å²) in [6.07, 6.45) is -5.46. The summed E-state index contributed by atoms with van der Waals surface area (Å²) in [5, 5.41) is 13.9. The Hall–Kier alpha value is -2.25. The molecule has 21 heavy (non-hydrogen) atoms. The molecule has 1 atom stereocenters. The zero-order valence-corrected chi connectivity index (χ0v) is 11.1. The van der Waals surface area contributed by atoms with Crippen LogP contribution in [0.2, 0.25) is 0 Å². The van der Waals surface area contributed by atoms with Gasteiger partial charge in [0.2, 0.25) is 5.91 Å². The first kappa shape index (κ1) is 16.8. The first-order valence-electron chi connectivity index (χ1n) is 6.22. The largest absolute Gasteiger partial charge is 0.409 e. The molecule has 1 unspecified atom stereocenters. The first-order chi connectivity index (χ1) is 9.85. The van der Waals surface area contributed by atoms with Crippen LogP contribution in [0.5, 0.6) is 0 Å². The molecule has 0 fully saturated rings. The van der Waals surface area contributed by atoms with Gasteiger partial charge < -0.3 is 16.3 Å². The number of nitrogens with zero attached hydrogens (tertiary/aromatic N) is 1. The smallest absolute Gasteiger partial charge is 0.389 e. The maximum absolute atomic E-state index is 12.0. The van der Waals surface area contributed by atoms with E-state index in [1.165, 1.54) is 0 Å². The van der Waals surface area contributed by atoms with Gasteiger partial charge in [0.05, 0.1) is 0 Å². The number of alkyl halides is 3. The van der Waals surface area contributed by atoms with Crippen molar-refractivity contribution in [3.05, 3.63) is 35.9 Å². The molecule has 116 valence electrons. The van der Waals surface area contributed by atoms with E-state index in [1.807, 2.05) is 0 Å². The maximum atomic E-state index is 12.0. The maximum Gasteiger partial charge on any atom is 0.389 e. The first-order valence-corrected chi connectivity index (χ1v) is 6.22. The third-order valence-electron chi connectivity index (χ3n) is 2.74. The van der Waals surface area contributed by atoms with Crippen LogP contribution in [-0.4, -0.2) is 29.7 Å². The van der Waals surface area contributed by atoms with Gasteiger partial charge in [-0.1, -0.05) is 35.5 Å². The number of halogens is 3. The summed E-state index contributed by atoms with van der Waals surface area (Å²) in [6.45, 7) is -0.139. The zero-order valence-electron chi connectivity index (χ0n) is 11.1. The number of nitrogens with one attached hydrogen (secondary N) is 1. The number of carbonyl (C=O) groups excluding carboxylic acids is 1. The predicted molar refractivity (Wildman–Crippen MR) is 70.9 cm³/mol. The summed E-state index contributed by atoms with van der Waals surface area (Å²) in [7, 11) is 0. The molecule has 1 aromatic carbocycles. The average Bonchev–Trinajstić information content (AvgIpc) is 2.44. The minimum atomic E-state index is -4.25. The lowest BCUT2D eigenvalue weighted by Gasteiger charge is -2.16. The van der Waals surface area contributed by atoms with Crippen molar-refractivity contribution in [2.75, 3.05) is 6.54 Å². The summed E-state index contributed by atoms with van der Waals surface area (Å²) in [5.41, 5.74) is 5.97. The topological polar surface area (TPSA) is 87.7 Å². The molecule has 0 spiro atoms. The van der Waals surface area contributed by atoms with Gasteiger partial charge in [-0.2, -0.15) is 13.2 Å². The highest BCUT2D eigenvalue weighted by molar-refractivity contribution is 6.07. The highest BCUT2D eigenvalue weighted by Crippen LogP contribution is 2.21. The number of oxime groups is 1. The van der Waals surface area contributed by atoms with Gasteiger partial charge in [-0.05, 0) is 12.0 Å². The molecule has 0 aliphatic heterocycles. The Morgan fingerprint density at radius 2 is 1.95 bits per heavy atom. The fourth-order valence-corrected chi connectivity index (χ4v) is 1.76. The van der Waals surface area contributed by atoms with E-state index >= 15 is 0 Å². The van der Waals surface area contributed by atoms with E-state index in [2.05, 4.69) is 10.5 Å². The summed E-state index contributed by atoms with van der Waals surface area (Å²) in [6, 6.07) is 8.29. The summed E-state index contributed by atoms with van der Waals surface area (Å²) >= 11 is 0. The van der Waals surface area contributed by atoms with Gasteiger partial charge in [0.25, 0.3) is 0 Å². The van der Waals surface area contributed by atoms with Crippen LogP contribution >= 0.6 is 0 Å². The molecule has 1 aromatic rings. The van der Waals surface area contributed by atoms with Crippen LogP contribution in [0.15, 0.2) is 35.5 Å². The summed E-state index contributed by atoms with van der Waals surface area (Å²) in [4.78, 5) is 12.0. The van der Waals surface area contributed by atoms with Gasteiger partial charge in [0, 0.05) is 13.0 Å². The number of amides is 1. The van der Waals surface area contributed by atoms with E-state index in [-0.39, 0.29) is 18.8 Å². The number of carbonyl (C=O) groups is 1. The molecule has 0 aliphatic rings. The number of benzene rings is 1. The van der Waals surface area contributed by atoms with E-state index in [0.29, 0.717) is 5.56 Å². The van der Waals surface area contributed by atoms with E-state index in [0.717, 1.165) is 0 Å². The molecule has 0 aliphatic carbocycles. The van der Waals surface area contributed by atoms with Crippen LogP contribution in [0.25, 0.3) is 0 Å². The number of rotatable bonds is 6. The van der Waals surface area contributed by atoms with Crippen LogP contribution in [0.4, 0.5) is 13.2 Å². The Morgan fingerprint density at radius 3 is 2.48 bits per heavy atom. The Morgan fingerprint density at radius 1 is 1.33 bits per heavy atom. The molecule has 0 saturated heterocycles. The lowest BCUT2D eigenvalue weighted by atomic mass is 9.97. The van der Waals surface area contributed by atoms with Crippen LogP contribution in [0.1, 0.15) is 24.3 Å². The molecule has 0 radical (unpaired) electrons. The van der Waals surface area contributed by atoms with Crippen molar-refractivity contribution in [1.82, 2.24) is 5.32 Å². The average molecular weight is 303 g/mol. The van der Waals surface area contributed by atoms with Crippen molar-refractivity contribution in [3.8, 4) is 0 Å². The number of amidine groups is 1. The molecule has 0 aromatic heterocycles. The van der Waals surface area contributed by atoms with Gasteiger partial charge in [-0.15, -0.1) is 0 Å². The Labute approximate surface area is 119 Å². The monoisotopic (exact) mass is 303 g/mol. The normalized spacial score (nSPS) is 13.8. The Bertz CT molecular complexity index is 489. The molecule has 1 amide bonds. The van der Waals surface area contributed by atoms with Crippen molar-refractivity contribution in [2.45, 2.75) is 24.9 Å². The Kier molecular flexibility index (Phi) is 6.01. The molecular weight excluding hydrogens is 287 g/mol. The van der Waals surface area contributed by atoms with E-state index in [1.54, 1.807) is 30.3 Å². The molecule has 0 saturated carbocycles.